The molecule has 0 unspecified atom stereocenters. The fourth-order valence-electron chi connectivity index (χ4n) is 1.15. The van der Waals surface area contributed by atoms with Crippen molar-refractivity contribution in [3.63, 3.8) is 0 Å². The van der Waals surface area contributed by atoms with Gasteiger partial charge in [0.05, 0.1) is 17.6 Å². The summed E-state index contributed by atoms with van der Waals surface area (Å²) in [5.74, 6) is 0.371. The Kier molecular flexibility index (Phi) is 4.61. The highest BCUT2D eigenvalue weighted by atomic mass is 35.5. The maximum atomic E-state index is 11.5. The predicted octanol–water partition coefficient (Wildman–Crippen LogP) is 1.83. The third-order valence-electron chi connectivity index (χ3n) is 1.95. The number of sulfonamides is 1. The highest BCUT2D eigenvalue weighted by Crippen LogP contribution is 2.12. The number of rotatable bonds is 6. The van der Waals surface area contributed by atoms with Crippen LogP contribution in [0, 0.1) is 0 Å². The maximum Gasteiger partial charge on any atom is 0.232 e. The zero-order valence-corrected chi connectivity index (χ0v) is 10.9. The summed E-state index contributed by atoms with van der Waals surface area (Å²) < 4.78 is 27.2. The van der Waals surface area contributed by atoms with Crippen LogP contribution in [-0.4, -0.2) is 29.8 Å². The van der Waals surface area contributed by atoms with Gasteiger partial charge in [-0.2, -0.15) is 5.10 Å². The fraction of sp³-hybridized carbons (Fsp3) is 0.667. The molecule has 1 aromatic rings. The summed E-state index contributed by atoms with van der Waals surface area (Å²) in [4.78, 5) is 0. The molecular weight excluding hydrogens is 250 g/mol. The van der Waals surface area contributed by atoms with Crippen LogP contribution in [-0.2, 0) is 10.0 Å². The van der Waals surface area contributed by atoms with Gasteiger partial charge in [-0.05, 0) is 20.3 Å². The van der Waals surface area contributed by atoms with Crippen LogP contribution in [0.4, 0.5) is 5.69 Å². The van der Waals surface area contributed by atoms with Crippen LogP contribution < -0.4 is 4.72 Å². The van der Waals surface area contributed by atoms with Crippen molar-refractivity contribution in [1.29, 1.82) is 0 Å². The average Bonchev–Trinajstić information content (AvgIpc) is 2.62. The molecule has 0 radical (unpaired) electrons. The van der Waals surface area contributed by atoms with E-state index >= 15 is 0 Å². The van der Waals surface area contributed by atoms with Gasteiger partial charge in [-0.1, -0.05) is 0 Å². The van der Waals surface area contributed by atoms with Crippen molar-refractivity contribution in [1.82, 2.24) is 9.78 Å². The molecule has 5 nitrogen and oxygen atoms in total. The molecule has 1 heterocycles. The molecule has 16 heavy (non-hydrogen) atoms. The molecule has 0 saturated carbocycles. The Morgan fingerprint density at radius 1 is 1.56 bits per heavy atom. The van der Waals surface area contributed by atoms with Crippen molar-refractivity contribution in [3.8, 4) is 0 Å². The number of aromatic nitrogens is 2. The summed E-state index contributed by atoms with van der Waals surface area (Å²) in [7, 11) is -3.30. The molecule has 0 aliphatic carbocycles. The third-order valence-corrected chi connectivity index (χ3v) is 3.59. The first-order valence-corrected chi connectivity index (χ1v) is 7.24. The first-order valence-electron chi connectivity index (χ1n) is 5.05. The molecule has 0 bridgehead atoms. The zero-order valence-electron chi connectivity index (χ0n) is 9.35. The minimum absolute atomic E-state index is 0.0311. The smallest absolute Gasteiger partial charge is 0.232 e. The van der Waals surface area contributed by atoms with E-state index in [0.29, 0.717) is 18.0 Å². The lowest BCUT2D eigenvalue weighted by molar-refractivity contribution is 0.532. The molecule has 0 fully saturated rings. The van der Waals surface area contributed by atoms with Gasteiger partial charge in [-0.25, -0.2) is 8.42 Å². The van der Waals surface area contributed by atoms with E-state index in [9.17, 15) is 8.42 Å². The maximum absolute atomic E-state index is 11.5. The van der Waals surface area contributed by atoms with Gasteiger partial charge in [-0.3, -0.25) is 9.40 Å². The Morgan fingerprint density at radius 3 is 2.75 bits per heavy atom. The second-order valence-electron chi connectivity index (χ2n) is 3.77. The molecular formula is C9H16ClN3O2S. The van der Waals surface area contributed by atoms with Crippen LogP contribution >= 0.6 is 11.6 Å². The van der Waals surface area contributed by atoms with Crippen molar-refractivity contribution in [2.24, 2.45) is 0 Å². The summed E-state index contributed by atoms with van der Waals surface area (Å²) in [6, 6.07) is 0.209. The Morgan fingerprint density at radius 2 is 2.25 bits per heavy atom. The quantitative estimate of drug-likeness (QED) is 0.798. The van der Waals surface area contributed by atoms with Gasteiger partial charge in [0.25, 0.3) is 0 Å². The van der Waals surface area contributed by atoms with Crippen LogP contribution in [0.15, 0.2) is 12.4 Å². The number of halogens is 1. The third kappa shape index (κ3) is 4.02. The number of nitrogens with one attached hydrogen (secondary N) is 1. The standard InChI is InChI=1S/C9H16ClN3O2S/c1-8(2)13-7-9(6-11-13)12-16(14,15)5-3-4-10/h6-8,12H,3-5H2,1-2H3. The molecule has 0 aliphatic rings. The van der Waals surface area contributed by atoms with E-state index in [1.165, 1.54) is 6.20 Å². The highest BCUT2D eigenvalue weighted by Gasteiger charge is 2.11. The van der Waals surface area contributed by atoms with Crippen molar-refractivity contribution >= 4 is 27.3 Å². The lowest BCUT2D eigenvalue weighted by Crippen LogP contribution is -2.16. The first kappa shape index (κ1) is 13.3. The minimum Gasteiger partial charge on any atom is -0.280 e. The normalized spacial score (nSPS) is 12.0. The van der Waals surface area contributed by atoms with E-state index in [2.05, 4.69) is 9.82 Å². The van der Waals surface area contributed by atoms with Gasteiger partial charge in [0, 0.05) is 18.1 Å². The summed E-state index contributed by atoms with van der Waals surface area (Å²) in [5, 5.41) is 4.04. The SMILES string of the molecule is CC(C)n1cc(NS(=O)(=O)CCCCl)cn1. The molecule has 0 aromatic carbocycles. The highest BCUT2D eigenvalue weighted by molar-refractivity contribution is 7.92. The number of nitrogens with zero attached hydrogens (tertiary/aromatic N) is 2. The van der Waals surface area contributed by atoms with Gasteiger partial charge in [0.1, 0.15) is 0 Å². The van der Waals surface area contributed by atoms with Crippen molar-refractivity contribution in [2.45, 2.75) is 26.3 Å². The molecule has 1 aromatic heterocycles. The van der Waals surface area contributed by atoms with Gasteiger partial charge in [-0.15, -0.1) is 11.6 Å². The zero-order chi connectivity index (χ0) is 12.2. The van der Waals surface area contributed by atoms with Gasteiger partial charge < -0.3 is 0 Å². The Bertz CT molecular complexity index is 428. The van der Waals surface area contributed by atoms with E-state index in [4.69, 9.17) is 11.6 Å². The second kappa shape index (κ2) is 5.54. The summed E-state index contributed by atoms with van der Waals surface area (Å²) in [6.07, 6.45) is 3.61. The minimum atomic E-state index is -3.30. The van der Waals surface area contributed by atoms with Crippen LogP contribution in [0.3, 0.4) is 0 Å². The Balaban J connectivity index is 2.65. The monoisotopic (exact) mass is 265 g/mol. The molecule has 0 aliphatic heterocycles. The van der Waals surface area contributed by atoms with Crippen LogP contribution in [0.1, 0.15) is 26.3 Å². The number of anilines is 1. The van der Waals surface area contributed by atoms with Gasteiger partial charge in [0.2, 0.25) is 10.0 Å². The molecule has 92 valence electrons. The predicted molar refractivity (Wildman–Crippen MR) is 65.4 cm³/mol. The molecule has 0 atom stereocenters. The lowest BCUT2D eigenvalue weighted by atomic mass is 10.4. The average molecular weight is 266 g/mol. The molecule has 7 heteroatoms. The number of alkyl halides is 1. The lowest BCUT2D eigenvalue weighted by Gasteiger charge is -2.05. The summed E-state index contributed by atoms with van der Waals surface area (Å²) >= 11 is 5.45. The molecule has 1 N–H and O–H groups in total. The summed E-state index contributed by atoms with van der Waals surface area (Å²) in [6.45, 7) is 3.94. The van der Waals surface area contributed by atoms with Crippen molar-refractivity contribution in [2.75, 3.05) is 16.4 Å². The fourth-order valence-corrected chi connectivity index (χ4v) is 2.53. The summed E-state index contributed by atoms with van der Waals surface area (Å²) in [5.41, 5.74) is 0.489. The van der Waals surface area contributed by atoms with Gasteiger partial charge in [0.15, 0.2) is 0 Å². The van der Waals surface area contributed by atoms with Crippen molar-refractivity contribution < 1.29 is 8.42 Å². The van der Waals surface area contributed by atoms with E-state index in [1.54, 1.807) is 10.9 Å². The number of hydrogen-bond donors (Lipinski definition) is 1. The van der Waals surface area contributed by atoms with Crippen molar-refractivity contribution in [3.05, 3.63) is 12.4 Å². The Hall–Kier alpha value is -0.750. The van der Waals surface area contributed by atoms with E-state index in [0.717, 1.165) is 0 Å². The van der Waals surface area contributed by atoms with E-state index < -0.39 is 10.0 Å². The molecule has 0 spiro atoms. The second-order valence-corrected chi connectivity index (χ2v) is 5.99. The first-order chi connectivity index (χ1) is 7.44. The number of hydrogen-bond acceptors (Lipinski definition) is 3. The van der Waals surface area contributed by atoms with E-state index in [-0.39, 0.29) is 11.8 Å². The van der Waals surface area contributed by atoms with Crippen LogP contribution in [0.25, 0.3) is 0 Å². The van der Waals surface area contributed by atoms with Gasteiger partial charge >= 0.3 is 0 Å². The molecule has 0 amide bonds. The largest absolute Gasteiger partial charge is 0.280 e. The van der Waals surface area contributed by atoms with Crippen LogP contribution in [0.2, 0.25) is 0 Å². The molecule has 1 rings (SSSR count). The topological polar surface area (TPSA) is 64.0 Å². The van der Waals surface area contributed by atoms with Crippen LogP contribution in [0.5, 0.6) is 0 Å². The van der Waals surface area contributed by atoms with E-state index in [1.807, 2.05) is 13.8 Å². The molecule has 0 saturated heterocycles. The Labute approximate surface area is 101 Å².